The molecule has 1 aromatic carbocycles. The van der Waals surface area contributed by atoms with Crippen molar-refractivity contribution in [2.24, 2.45) is 11.8 Å². The first-order valence-electron chi connectivity index (χ1n) is 8.20. The number of likely N-dealkylation sites (tertiary alicyclic amines) is 1. The van der Waals surface area contributed by atoms with Crippen molar-refractivity contribution in [3.05, 3.63) is 30.5 Å². The Morgan fingerprint density at radius 1 is 1.17 bits per heavy atom. The Balaban J connectivity index is 0.00000156. The van der Waals surface area contributed by atoms with Crippen molar-refractivity contribution in [1.29, 1.82) is 0 Å². The van der Waals surface area contributed by atoms with E-state index in [2.05, 4.69) is 10.4 Å². The van der Waals surface area contributed by atoms with Crippen molar-refractivity contribution in [2.75, 3.05) is 26.2 Å². The van der Waals surface area contributed by atoms with E-state index in [1.807, 2.05) is 40.0 Å². The predicted octanol–water partition coefficient (Wildman–Crippen LogP) is 1.92. The van der Waals surface area contributed by atoms with Crippen LogP contribution in [0.15, 0.2) is 30.5 Å². The fourth-order valence-electron chi connectivity index (χ4n) is 3.85. The normalized spacial score (nSPS) is 24.1. The van der Waals surface area contributed by atoms with Crippen LogP contribution in [0.3, 0.4) is 0 Å². The SMILES string of the molecule is Cl.O=C(Cn1ncc2ccccc21)N1CC[C@@H]2CNC[C@@H]2CC1. The zero-order valence-electron chi connectivity index (χ0n) is 13.1. The molecular weight excluding hydrogens is 312 g/mol. The molecule has 1 amide bonds. The summed E-state index contributed by atoms with van der Waals surface area (Å²) in [4.78, 5) is 14.7. The lowest BCUT2D eigenvalue weighted by molar-refractivity contribution is -0.131. The number of nitrogens with zero attached hydrogens (tertiary/aromatic N) is 3. The van der Waals surface area contributed by atoms with E-state index in [-0.39, 0.29) is 18.3 Å². The molecule has 3 heterocycles. The van der Waals surface area contributed by atoms with E-state index in [1.54, 1.807) is 0 Å². The van der Waals surface area contributed by atoms with Crippen molar-refractivity contribution >= 4 is 29.2 Å². The molecule has 0 spiro atoms. The molecule has 2 aliphatic heterocycles. The Morgan fingerprint density at radius 2 is 1.87 bits per heavy atom. The Hall–Kier alpha value is -1.59. The molecule has 0 unspecified atom stereocenters. The molecule has 1 aromatic heterocycles. The Morgan fingerprint density at radius 3 is 2.61 bits per heavy atom. The van der Waals surface area contributed by atoms with Crippen LogP contribution < -0.4 is 5.32 Å². The highest BCUT2D eigenvalue weighted by Crippen LogP contribution is 2.27. The third kappa shape index (κ3) is 3.21. The molecule has 4 rings (SSSR count). The number of carbonyl (C=O) groups is 1. The quantitative estimate of drug-likeness (QED) is 0.912. The summed E-state index contributed by atoms with van der Waals surface area (Å²) in [7, 11) is 0. The highest BCUT2D eigenvalue weighted by Gasteiger charge is 2.31. The first-order valence-corrected chi connectivity index (χ1v) is 8.20. The highest BCUT2D eigenvalue weighted by atomic mass is 35.5. The number of rotatable bonds is 2. The Kier molecular flexibility index (Phi) is 4.87. The van der Waals surface area contributed by atoms with Gasteiger partial charge in [-0.2, -0.15) is 5.10 Å². The molecule has 2 fully saturated rings. The van der Waals surface area contributed by atoms with Crippen LogP contribution in [-0.2, 0) is 11.3 Å². The van der Waals surface area contributed by atoms with Crippen molar-refractivity contribution in [3.63, 3.8) is 0 Å². The fourth-order valence-corrected chi connectivity index (χ4v) is 3.85. The molecule has 0 radical (unpaired) electrons. The molecule has 0 aliphatic carbocycles. The number of carbonyl (C=O) groups excluding carboxylic acids is 1. The minimum absolute atomic E-state index is 0. The molecule has 2 atom stereocenters. The van der Waals surface area contributed by atoms with Crippen LogP contribution in [0, 0.1) is 11.8 Å². The molecule has 1 N–H and O–H groups in total. The number of benzene rings is 1. The lowest BCUT2D eigenvalue weighted by Crippen LogP contribution is -2.35. The van der Waals surface area contributed by atoms with Crippen LogP contribution in [0.4, 0.5) is 0 Å². The topological polar surface area (TPSA) is 50.2 Å². The number of para-hydroxylation sites is 1. The molecule has 124 valence electrons. The monoisotopic (exact) mass is 334 g/mol. The van der Waals surface area contributed by atoms with Crippen LogP contribution >= 0.6 is 12.4 Å². The summed E-state index contributed by atoms with van der Waals surface area (Å²) >= 11 is 0. The maximum Gasteiger partial charge on any atom is 0.244 e. The van der Waals surface area contributed by atoms with Gasteiger partial charge in [0.1, 0.15) is 6.54 Å². The molecule has 0 bridgehead atoms. The maximum atomic E-state index is 12.6. The summed E-state index contributed by atoms with van der Waals surface area (Å²) in [5, 5.41) is 8.93. The summed E-state index contributed by atoms with van der Waals surface area (Å²) < 4.78 is 1.82. The summed E-state index contributed by atoms with van der Waals surface area (Å²) in [6, 6.07) is 8.04. The van der Waals surface area contributed by atoms with Gasteiger partial charge in [-0.15, -0.1) is 12.4 Å². The van der Waals surface area contributed by atoms with Gasteiger partial charge >= 0.3 is 0 Å². The third-order valence-corrected chi connectivity index (χ3v) is 5.21. The molecule has 23 heavy (non-hydrogen) atoms. The van der Waals surface area contributed by atoms with Gasteiger partial charge in [0.05, 0.1) is 11.7 Å². The summed E-state index contributed by atoms with van der Waals surface area (Å²) in [6.07, 6.45) is 4.09. The van der Waals surface area contributed by atoms with E-state index in [0.29, 0.717) is 6.54 Å². The van der Waals surface area contributed by atoms with E-state index >= 15 is 0 Å². The smallest absolute Gasteiger partial charge is 0.244 e. The summed E-state index contributed by atoms with van der Waals surface area (Å²) in [5.41, 5.74) is 1.03. The minimum Gasteiger partial charge on any atom is -0.341 e. The number of amides is 1. The second-order valence-corrected chi connectivity index (χ2v) is 6.50. The van der Waals surface area contributed by atoms with Gasteiger partial charge in [0, 0.05) is 18.5 Å². The van der Waals surface area contributed by atoms with Crippen molar-refractivity contribution in [1.82, 2.24) is 20.0 Å². The molecule has 2 aromatic rings. The molecule has 2 aliphatic rings. The molecule has 6 heteroatoms. The maximum absolute atomic E-state index is 12.6. The molecule has 5 nitrogen and oxygen atoms in total. The molecular formula is C17H23ClN4O. The number of nitrogens with one attached hydrogen (secondary N) is 1. The van der Waals surface area contributed by atoms with Crippen molar-refractivity contribution in [3.8, 4) is 0 Å². The van der Waals surface area contributed by atoms with E-state index < -0.39 is 0 Å². The average Bonchev–Trinajstić information content (AvgIpc) is 3.10. The predicted molar refractivity (Wildman–Crippen MR) is 92.6 cm³/mol. The number of hydrogen-bond acceptors (Lipinski definition) is 3. The Labute approximate surface area is 142 Å². The average molecular weight is 335 g/mol. The fraction of sp³-hybridized carbons (Fsp3) is 0.529. The zero-order valence-corrected chi connectivity index (χ0v) is 14.0. The second kappa shape index (κ2) is 6.89. The van der Waals surface area contributed by atoms with Crippen LogP contribution in [0.5, 0.6) is 0 Å². The van der Waals surface area contributed by atoms with Gasteiger partial charge in [-0.3, -0.25) is 9.48 Å². The number of hydrogen-bond donors (Lipinski definition) is 1. The van der Waals surface area contributed by atoms with E-state index in [1.165, 1.54) is 0 Å². The van der Waals surface area contributed by atoms with E-state index in [4.69, 9.17) is 0 Å². The minimum atomic E-state index is 0. The van der Waals surface area contributed by atoms with E-state index in [9.17, 15) is 4.79 Å². The van der Waals surface area contributed by atoms with Crippen molar-refractivity contribution in [2.45, 2.75) is 19.4 Å². The van der Waals surface area contributed by atoms with Gasteiger partial charge in [-0.05, 0) is 43.8 Å². The first kappa shape index (κ1) is 16.3. The number of halogens is 1. The van der Waals surface area contributed by atoms with Gasteiger partial charge in [0.25, 0.3) is 0 Å². The van der Waals surface area contributed by atoms with E-state index in [0.717, 1.165) is 61.8 Å². The van der Waals surface area contributed by atoms with Gasteiger partial charge in [0.2, 0.25) is 5.91 Å². The Bertz CT molecular complexity index is 672. The van der Waals surface area contributed by atoms with Gasteiger partial charge < -0.3 is 10.2 Å². The van der Waals surface area contributed by atoms with Crippen LogP contribution in [-0.4, -0.2) is 46.8 Å². The highest BCUT2D eigenvalue weighted by molar-refractivity contribution is 5.85. The lowest BCUT2D eigenvalue weighted by Gasteiger charge is -2.21. The van der Waals surface area contributed by atoms with Crippen LogP contribution in [0.1, 0.15) is 12.8 Å². The zero-order chi connectivity index (χ0) is 14.9. The van der Waals surface area contributed by atoms with Crippen molar-refractivity contribution < 1.29 is 4.79 Å². The molecule has 0 saturated carbocycles. The van der Waals surface area contributed by atoms with Crippen LogP contribution in [0.2, 0.25) is 0 Å². The standard InChI is InChI=1S/C17H22N4O.ClH/c22-17(12-21-16-4-2-1-3-15(16)11-19-21)20-7-5-13-9-18-10-14(13)6-8-20;/h1-4,11,13-14,18H,5-10,12H2;1H/t13-,14+;. The van der Waals surface area contributed by atoms with Gasteiger partial charge in [-0.25, -0.2) is 0 Å². The number of fused-ring (bicyclic) bond motifs is 2. The molecule has 2 saturated heterocycles. The summed E-state index contributed by atoms with van der Waals surface area (Å²) in [6.45, 7) is 4.37. The largest absolute Gasteiger partial charge is 0.341 e. The second-order valence-electron chi connectivity index (χ2n) is 6.50. The number of aromatic nitrogens is 2. The first-order chi connectivity index (χ1) is 10.8. The lowest BCUT2D eigenvalue weighted by atomic mass is 9.92. The third-order valence-electron chi connectivity index (χ3n) is 5.21. The van der Waals surface area contributed by atoms with Gasteiger partial charge in [0.15, 0.2) is 0 Å². The van der Waals surface area contributed by atoms with Gasteiger partial charge in [-0.1, -0.05) is 18.2 Å². The summed E-state index contributed by atoms with van der Waals surface area (Å²) in [5.74, 6) is 1.70. The van der Waals surface area contributed by atoms with Crippen LogP contribution in [0.25, 0.3) is 10.9 Å².